The van der Waals surface area contributed by atoms with Gasteiger partial charge in [-0.2, -0.15) is 5.10 Å². The van der Waals surface area contributed by atoms with Crippen molar-refractivity contribution >= 4 is 22.3 Å². The van der Waals surface area contributed by atoms with Crippen molar-refractivity contribution in [3.8, 4) is 0 Å². The summed E-state index contributed by atoms with van der Waals surface area (Å²) in [6, 6.07) is 10.5. The van der Waals surface area contributed by atoms with Gasteiger partial charge in [0.2, 0.25) is 0 Å². The van der Waals surface area contributed by atoms with Crippen molar-refractivity contribution in [2.75, 3.05) is 0 Å². The number of nitrogens with zero attached hydrogens (tertiary/aromatic N) is 4. The molecule has 0 fully saturated rings. The van der Waals surface area contributed by atoms with E-state index in [1.807, 2.05) is 35.7 Å². The van der Waals surface area contributed by atoms with Crippen LogP contribution in [0, 0.1) is 0 Å². The number of fused-ring (bicyclic) bond motifs is 2. The summed E-state index contributed by atoms with van der Waals surface area (Å²) in [5.41, 5.74) is 1.06. The molecule has 130 valence electrons. The third kappa shape index (κ3) is 2.95. The second-order valence-corrected chi connectivity index (χ2v) is 6.20. The number of rotatable bonds is 4. The standard InChI is InChI=1S/C19H17N5O2/c1-13(12-24-19(26)16-5-3-2-4-15(16)11-21-24)22-18(25)14-6-8-23-9-7-20-17(23)10-14/h2-11,13H,12H2,1H3,(H,22,25)/t13-/m1/s1. The average molecular weight is 347 g/mol. The van der Waals surface area contributed by atoms with Gasteiger partial charge in [0.15, 0.2) is 0 Å². The molecule has 1 amide bonds. The van der Waals surface area contributed by atoms with Gasteiger partial charge in [-0.25, -0.2) is 9.67 Å². The van der Waals surface area contributed by atoms with E-state index in [4.69, 9.17) is 0 Å². The number of aromatic nitrogens is 4. The number of benzene rings is 1. The highest BCUT2D eigenvalue weighted by atomic mass is 16.2. The molecule has 26 heavy (non-hydrogen) atoms. The summed E-state index contributed by atoms with van der Waals surface area (Å²) in [6.07, 6.45) is 6.95. The number of pyridine rings is 1. The van der Waals surface area contributed by atoms with Crippen LogP contribution in [0.2, 0.25) is 0 Å². The van der Waals surface area contributed by atoms with Gasteiger partial charge in [0.1, 0.15) is 5.65 Å². The molecule has 4 aromatic rings. The summed E-state index contributed by atoms with van der Waals surface area (Å²) in [5.74, 6) is -0.211. The van der Waals surface area contributed by atoms with Crippen molar-refractivity contribution in [1.82, 2.24) is 24.5 Å². The predicted molar refractivity (Wildman–Crippen MR) is 98.1 cm³/mol. The highest BCUT2D eigenvalue weighted by Crippen LogP contribution is 2.08. The Hall–Kier alpha value is -3.48. The largest absolute Gasteiger partial charge is 0.348 e. The number of amides is 1. The Morgan fingerprint density at radius 3 is 2.96 bits per heavy atom. The molecule has 0 saturated carbocycles. The lowest BCUT2D eigenvalue weighted by molar-refractivity contribution is 0.0935. The normalized spacial score (nSPS) is 12.3. The maximum Gasteiger partial charge on any atom is 0.274 e. The molecule has 4 rings (SSSR count). The highest BCUT2D eigenvalue weighted by Gasteiger charge is 2.13. The minimum atomic E-state index is -0.259. The molecule has 0 aliphatic rings. The van der Waals surface area contributed by atoms with Crippen molar-refractivity contribution < 1.29 is 4.79 Å². The Balaban J connectivity index is 1.51. The van der Waals surface area contributed by atoms with Gasteiger partial charge in [0.05, 0.1) is 18.1 Å². The second-order valence-electron chi connectivity index (χ2n) is 6.20. The lowest BCUT2D eigenvalue weighted by Crippen LogP contribution is -2.39. The van der Waals surface area contributed by atoms with Crippen LogP contribution < -0.4 is 10.9 Å². The zero-order valence-corrected chi connectivity index (χ0v) is 14.2. The zero-order valence-electron chi connectivity index (χ0n) is 14.2. The number of carbonyl (C=O) groups is 1. The fourth-order valence-electron chi connectivity index (χ4n) is 2.92. The number of carbonyl (C=O) groups excluding carboxylic acids is 1. The molecule has 0 unspecified atom stereocenters. The maximum atomic E-state index is 12.5. The third-order valence-electron chi connectivity index (χ3n) is 4.25. The van der Waals surface area contributed by atoms with Crippen LogP contribution in [0.4, 0.5) is 0 Å². The van der Waals surface area contributed by atoms with Crippen LogP contribution in [0.15, 0.2) is 66.0 Å². The van der Waals surface area contributed by atoms with E-state index < -0.39 is 0 Å². The Morgan fingerprint density at radius 1 is 1.23 bits per heavy atom. The number of hydrogen-bond donors (Lipinski definition) is 1. The lowest BCUT2D eigenvalue weighted by atomic mass is 10.2. The number of hydrogen-bond acceptors (Lipinski definition) is 4. The molecule has 1 atom stereocenters. The van der Waals surface area contributed by atoms with Crippen LogP contribution in [0.25, 0.3) is 16.4 Å². The van der Waals surface area contributed by atoms with E-state index in [9.17, 15) is 9.59 Å². The minimum Gasteiger partial charge on any atom is -0.348 e. The summed E-state index contributed by atoms with van der Waals surface area (Å²) in [5, 5.41) is 8.52. The molecule has 7 nitrogen and oxygen atoms in total. The van der Waals surface area contributed by atoms with Gasteiger partial charge >= 0.3 is 0 Å². The van der Waals surface area contributed by atoms with Gasteiger partial charge in [0, 0.05) is 35.6 Å². The van der Waals surface area contributed by atoms with Gasteiger partial charge in [-0.1, -0.05) is 18.2 Å². The molecule has 0 bridgehead atoms. The molecule has 3 heterocycles. The molecule has 1 N–H and O–H groups in total. The van der Waals surface area contributed by atoms with E-state index >= 15 is 0 Å². The maximum absolute atomic E-state index is 12.5. The Bertz CT molecular complexity index is 1160. The fourth-order valence-corrected chi connectivity index (χ4v) is 2.92. The lowest BCUT2D eigenvalue weighted by Gasteiger charge is -2.15. The third-order valence-corrected chi connectivity index (χ3v) is 4.25. The second kappa shape index (κ2) is 6.44. The number of nitrogens with one attached hydrogen (secondary N) is 1. The number of imidazole rings is 1. The van der Waals surface area contributed by atoms with Gasteiger partial charge in [-0.15, -0.1) is 0 Å². The smallest absolute Gasteiger partial charge is 0.274 e. The summed E-state index contributed by atoms with van der Waals surface area (Å²) in [4.78, 5) is 29.1. The molecule has 0 radical (unpaired) electrons. The first-order chi connectivity index (χ1) is 12.6. The molecule has 0 saturated heterocycles. The van der Waals surface area contributed by atoms with Gasteiger partial charge < -0.3 is 9.72 Å². The molecule has 1 aromatic carbocycles. The summed E-state index contributed by atoms with van der Waals surface area (Å²) in [6.45, 7) is 2.14. The SMILES string of the molecule is C[C@H](Cn1ncc2ccccc2c1=O)NC(=O)c1ccn2ccnc2c1. The molecule has 0 aliphatic heterocycles. The molecule has 0 aliphatic carbocycles. The van der Waals surface area contributed by atoms with E-state index in [1.54, 1.807) is 36.8 Å². The quantitative estimate of drug-likeness (QED) is 0.611. The van der Waals surface area contributed by atoms with Gasteiger partial charge in [0.25, 0.3) is 11.5 Å². The summed E-state index contributed by atoms with van der Waals surface area (Å²) < 4.78 is 3.21. The van der Waals surface area contributed by atoms with Crippen molar-refractivity contribution in [3.05, 3.63) is 77.1 Å². The Morgan fingerprint density at radius 2 is 2.08 bits per heavy atom. The molecule has 7 heteroatoms. The first-order valence-corrected chi connectivity index (χ1v) is 8.30. The minimum absolute atomic E-state index is 0.164. The van der Waals surface area contributed by atoms with Crippen LogP contribution in [-0.4, -0.2) is 31.1 Å². The van der Waals surface area contributed by atoms with Crippen molar-refractivity contribution in [3.63, 3.8) is 0 Å². The van der Waals surface area contributed by atoms with Crippen molar-refractivity contribution in [2.24, 2.45) is 0 Å². The van der Waals surface area contributed by atoms with Gasteiger partial charge in [-0.3, -0.25) is 9.59 Å². The van der Waals surface area contributed by atoms with Crippen LogP contribution in [0.1, 0.15) is 17.3 Å². The molecule has 3 aromatic heterocycles. The Kier molecular flexibility index (Phi) is 3.96. The predicted octanol–water partition coefficient (Wildman–Crippen LogP) is 1.86. The topological polar surface area (TPSA) is 81.3 Å². The monoisotopic (exact) mass is 347 g/mol. The molecular formula is C19H17N5O2. The molecular weight excluding hydrogens is 330 g/mol. The highest BCUT2D eigenvalue weighted by molar-refractivity contribution is 5.95. The zero-order chi connectivity index (χ0) is 18.1. The van der Waals surface area contributed by atoms with E-state index in [0.29, 0.717) is 23.1 Å². The van der Waals surface area contributed by atoms with E-state index in [0.717, 1.165) is 5.39 Å². The summed E-state index contributed by atoms with van der Waals surface area (Å²) >= 11 is 0. The van der Waals surface area contributed by atoms with E-state index in [-0.39, 0.29) is 17.5 Å². The average Bonchev–Trinajstić information content (AvgIpc) is 3.12. The van der Waals surface area contributed by atoms with Crippen molar-refractivity contribution in [1.29, 1.82) is 0 Å². The van der Waals surface area contributed by atoms with E-state index in [2.05, 4.69) is 15.4 Å². The molecule has 0 spiro atoms. The summed E-state index contributed by atoms with van der Waals surface area (Å²) in [7, 11) is 0. The van der Waals surface area contributed by atoms with Gasteiger partial charge in [-0.05, 0) is 25.1 Å². The fraction of sp³-hybridized carbons (Fsp3) is 0.158. The first kappa shape index (κ1) is 16.0. The first-order valence-electron chi connectivity index (χ1n) is 8.30. The Labute approximate surface area is 148 Å². The van der Waals surface area contributed by atoms with Crippen molar-refractivity contribution in [2.45, 2.75) is 19.5 Å². The van der Waals surface area contributed by atoms with Crippen LogP contribution >= 0.6 is 0 Å². The van der Waals surface area contributed by atoms with Crippen LogP contribution in [0.5, 0.6) is 0 Å². The van der Waals surface area contributed by atoms with Crippen LogP contribution in [0.3, 0.4) is 0 Å². The van der Waals surface area contributed by atoms with Crippen LogP contribution in [-0.2, 0) is 6.54 Å². The van der Waals surface area contributed by atoms with E-state index in [1.165, 1.54) is 4.68 Å².